The summed E-state index contributed by atoms with van der Waals surface area (Å²) in [5.41, 5.74) is 0.821. The number of thioether (sulfide) groups is 1. The monoisotopic (exact) mass is 286 g/mol. The van der Waals surface area contributed by atoms with Crippen molar-refractivity contribution in [3.05, 3.63) is 28.5 Å². The SMILES string of the molecule is Fc1ccc2[nH]c(=S)n(CC3CCSC3)c2c1F. The van der Waals surface area contributed by atoms with Crippen LogP contribution in [0.4, 0.5) is 8.78 Å². The van der Waals surface area contributed by atoms with Gasteiger partial charge in [-0.25, -0.2) is 8.78 Å². The maximum atomic E-state index is 13.9. The second kappa shape index (κ2) is 4.66. The third kappa shape index (κ3) is 1.97. The van der Waals surface area contributed by atoms with E-state index >= 15 is 0 Å². The molecule has 1 aliphatic rings. The van der Waals surface area contributed by atoms with Crippen molar-refractivity contribution in [3.8, 4) is 0 Å². The Morgan fingerprint density at radius 3 is 3.00 bits per heavy atom. The molecular formula is C12H12F2N2S2. The molecule has 0 amide bonds. The standard InChI is InChI=1S/C12H12F2N2S2/c13-8-1-2-9-11(10(8)14)16(12(17)15-9)5-7-3-4-18-6-7/h1-2,7H,3-6H2,(H,15,17). The molecule has 0 aliphatic carbocycles. The molecular weight excluding hydrogens is 274 g/mol. The number of hydrogen-bond donors (Lipinski definition) is 1. The van der Waals surface area contributed by atoms with E-state index in [1.54, 1.807) is 4.57 Å². The van der Waals surface area contributed by atoms with Gasteiger partial charge >= 0.3 is 0 Å². The number of nitrogens with one attached hydrogen (secondary N) is 1. The molecule has 0 radical (unpaired) electrons. The topological polar surface area (TPSA) is 20.7 Å². The van der Waals surface area contributed by atoms with E-state index in [1.807, 2.05) is 11.8 Å². The second-order valence-corrected chi connectivity index (χ2v) is 6.06. The van der Waals surface area contributed by atoms with Crippen LogP contribution in [0, 0.1) is 22.3 Å². The van der Waals surface area contributed by atoms with Crippen LogP contribution < -0.4 is 0 Å². The molecule has 18 heavy (non-hydrogen) atoms. The summed E-state index contributed by atoms with van der Waals surface area (Å²) in [6.45, 7) is 0.659. The molecule has 1 N–H and O–H groups in total. The van der Waals surface area contributed by atoms with E-state index in [0.29, 0.717) is 22.8 Å². The zero-order valence-corrected chi connectivity index (χ0v) is 11.2. The van der Waals surface area contributed by atoms with E-state index in [4.69, 9.17) is 12.2 Å². The molecule has 1 aromatic heterocycles. The van der Waals surface area contributed by atoms with Gasteiger partial charge in [0.25, 0.3) is 0 Å². The van der Waals surface area contributed by atoms with Crippen LogP contribution in [0.3, 0.4) is 0 Å². The Bertz CT molecular complexity index is 641. The molecule has 96 valence electrons. The van der Waals surface area contributed by atoms with Crippen molar-refractivity contribution in [1.29, 1.82) is 0 Å². The second-order valence-electron chi connectivity index (χ2n) is 4.53. The first-order chi connectivity index (χ1) is 8.66. The van der Waals surface area contributed by atoms with Crippen LogP contribution in [0.25, 0.3) is 11.0 Å². The summed E-state index contributed by atoms with van der Waals surface area (Å²) in [4.78, 5) is 2.93. The first-order valence-corrected chi connectivity index (χ1v) is 7.37. The summed E-state index contributed by atoms with van der Waals surface area (Å²) in [5, 5.41) is 0. The van der Waals surface area contributed by atoms with Crippen LogP contribution in [-0.2, 0) is 6.54 Å². The van der Waals surface area contributed by atoms with Crippen molar-refractivity contribution in [3.63, 3.8) is 0 Å². The molecule has 2 heterocycles. The summed E-state index contributed by atoms with van der Waals surface area (Å²) in [6.07, 6.45) is 1.11. The molecule has 0 spiro atoms. The number of aromatic nitrogens is 2. The van der Waals surface area contributed by atoms with E-state index < -0.39 is 11.6 Å². The Balaban J connectivity index is 2.12. The Morgan fingerprint density at radius 1 is 1.44 bits per heavy atom. The molecule has 6 heteroatoms. The Hall–Kier alpha value is -0.880. The molecule has 1 saturated heterocycles. The summed E-state index contributed by atoms with van der Waals surface area (Å²) in [7, 11) is 0. The first kappa shape index (κ1) is 12.2. The molecule has 2 aromatic rings. The Labute approximate surface area is 112 Å². The third-order valence-electron chi connectivity index (χ3n) is 3.29. The molecule has 1 aromatic carbocycles. The summed E-state index contributed by atoms with van der Waals surface area (Å²) < 4.78 is 29.3. The van der Waals surface area contributed by atoms with Crippen LogP contribution in [0.15, 0.2) is 12.1 Å². The van der Waals surface area contributed by atoms with Crippen molar-refractivity contribution >= 4 is 35.0 Å². The minimum absolute atomic E-state index is 0.261. The van der Waals surface area contributed by atoms with E-state index in [-0.39, 0.29) is 5.52 Å². The number of nitrogens with zero attached hydrogens (tertiary/aromatic N) is 1. The molecule has 1 aliphatic heterocycles. The smallest absolute Gasteiger partial charge is 0.184 e. The van der Waals surface area contributed by atoms with E-state index in [9.17, 15) is 8.78 Å². The fourth-order valence-electron chi connectivity index (χ4n) is 2.35. The molecule has 3 rings (SSSR count). The lowest BCUT2D eigenvalue weighted by molar-refractivity contribution is 0.481. The molecule has 1 fully saturated rings. The highest BCUT2D eigenvalue weighted by Crippen LogP contribution is 2.27. The minimum atomic E-state index is -0.828. The average Bonchev–Trinajstić information content (AvgIpc) is 2.94. The van der Waals surface area contributed by atoms with Gasteiger partial charge in [0.2, 0.25) is 0 Å². The van der Waals surface area contributed by atoms with Crippen LogP contribution >= 0.6 is 24.0 Å². The lowest BCUT2D eigenvalue weighted by atomic mass is 10.1. The maximum absolute atomic E-state index is 13.9. The fourth-order valence-corrected chi connectivity index (χ4v) is 3.90. The van der Waals surface area contributed by atoms with Crippen LogP contribution in [0.5, 0.6) is 0 Å². The van der Waals surface area contributed by atoms with Crippen molar-refractivity contribution < 1.29 is 8.78 Å². The fraction of sp³-hybridized carbons (Fsp3) is 0.417. The predicted octanol–water partition coefficient (Wildman–Crippen LogP) is 3.73. The summed E-state index contributed by atoms with van der Waals surface area (Å²) in [6, 6.07) is 2.65. The highest BCUT2D eigenvalue weighted by Gasteiger charge is 2.20. The number of H-pyrrole nitrogens is 1. The molecule has 1 atom stereocenters. The van der Waals surface area contributed by atoms with Gasteiger partial charge < -0.3 is 9.55 Å². The lowest BCUT2D eigenvalue weighted by Gasteiger charge is -2.10. The molecule has 0 bridgehead atoms. The van der Waals surface area contributed by atoms with E-state index in [0.717, 1.165) is 24.0 Å². The van der Waals surface area contributed by atoms with Crippen molar-refractivity contribution in [2.45, 2.75) is 13.0 Å². The van der Waals surface area contributed by atoms with E-state index in [1.165, 1.54) is 6.07 Å². The van der Waals surface area contributed by atoms with Gasteiger partial charge in [0.15, 0.2) is 16.4 Å². The molecule has 0 saturated carbocycles. The van der Waals surface area contributed by atoms with E-state index in [2.05, 4.69) is 4.98 Å². The number of imidazole rings is 1. The zero-order valence-electron chi connectivity index (χ0n) is 9.58. The Kier molecular flexibility index (Phi) is 3.15. The number of rotatable bonds is 2. The number of benzene rings is 1. The normalized spacial score (nSPS) is 19.8. The number of halogens is 2. The molecule has 1 unspecified atom stereocenters. The first-order valence-electron chi connectivity index (χ1n) is 5.81. The van der Waals surface area contributed by atoms with Crippen LogP contribution in [0.1, 0.15) is 6.42 Å². The average molecular weight is 286 g/mol. The van der Waals surface area contributed by atoms with Gasteiger partial charge in [-0.05, 0) is 48.2 Å². The third-order valence-corrected chi connectivity index (χ3v) is 4.84. The number of fused-ring (bicyclic) bond motifs is 1. The zero-order chi connectivity index (χ0) is 12.7. The van der Waals surface area contributed by atoms with Gasteiger partial charge in [-0.3, -0.25) is 0 Å². The Morgan fingerprint density at radius 2 is 2.28 bits per heavy atom. The lowest BCUT2D eigenvalue weighted by Crippen LogP contribution is -2.10. The number of hydrogen-bond acceptors (Lipinski definition) is 2. The van der Waals surface area contributed by atoms with Crippen molar-refractivity contribution in [2.75, 3.05) is 11.5 Å². The predicted molar refractivity (Wildman–Crippen MR) is 72.5 cm³/mol. The van der Waals surface area contributed by atoms with Gasteiger partial charge in [-0.1, -0.05) is 0 Å². The van der Waals surface area contributed by atoms with Crippen molar-refractivity contribution in [2.24, 2.45) is 5.92 Å². The highest BCUT2D eigenvalue weighted by atomic mass is 32.2. The molecule has 2 nitrogen and oxygen atoms in total. The minimum Gasteiger partial charge on any atom is -0.330 e. The van der Waals surface area contributed by atoms with Crippen molar-refractivity contribution in [1.82, 2.24) is 9.55 Å². The summed E-state index contributed by atoms with van der Waals surface area (Å²) >= 11 is 7.10. The highest BCUT2D eigenvalue weighted by molar-refractivity contribution is 7.99. The quantitative estimate of drug-likeness (QED) is 0.849. The maximum Gasteiger partial charge on any atom is 0.184 e. The van der Waals surface area contributed by atoms with Gasteiger partial charge in [-0.2, -0.15) is 11.8 Å². The summed E-state index contributed by atoms with van der Waals surface area (Å²) in [5.74, 6) is 1.04. The van der Waals surface area contributed by atoms with Gasteiger partial charge in [0.1, 0.15) is 5.52 Å². The van der Waals surface area contributed by atoms with Gasteiger partial charge in [-0.15, -0.1) is 0 Å². The number of aromatic amines is 1. The van der Waals surface area contributed by atoms with Gasteiger partial charge in [0.05, 0.1) is 5.52 Å². The van der Waals surface area contributed by atoms with Crippen LogP contribution in [-0.4, -0.2) is 21.1 Å². The largest absolute Gasteiger partial charge is 0.330 e. The van der Waals surface area contributed by atoms with Crippen LogP contribution in [0.2, 0.25) is 0 Å². The van der Waals surface area contributed by atoms with Gasteiger partial charge in [0, 0.05) is 6.54 Å².